The minimum absolute atomic E-state index is 0.572. The SMILES string of the molecule is c1ccc(-c2c3c4ccccc4oc3c3c4c5c(ncc4n4c6cnc7c(c6c2c34)C2CC3CC4CC7C34C2)C2CC3CC4CC5CC432)cc1. The highest BCUT2D eigenvalue weighted by molar-refractivity contribution is 6.39. The lowest BCUT2D eigenvalue weighted by atomic mass is 9.37. The van der Waals surface area contributed by atoms with E-state index in [-0.39, 0.29) is 0 Å². The molecule has 0 saturated heterocycles. The summed E-state index contributed by atoms with van der Waals surface area (Å²) in [5.74, 6) is 6.25. The maximum absolute atomic E-state index is 7.16. The molecule has 50 heavy (non-hydrogen) atoms. The minimum atomic E-state index is 0.572. The molecule has 0 radical (unpaired) electrons. The molecule has 2 spiro atoms. The molecule has 5 heterocycles. The molecule has 10 atom stereocenters. The topological polar surface area (TPSA) is 43.3 Å². The van der Waals surface area contributed by atoms with Crippen molar-refractivity contribution in [2.45, 2.75) is 75.0 Å². The predicted molar refractivity (Wildman–Crippen MR) is 196 cm³/mol. The van der Waals surface area contributed by atoms with Gasteiger partial charge < -0.3 is 8.82 Å². The van der Waals surface area contributed by atoms with Crippen molar-refractivity contribution in [3.63, 3.8) is 0 Å². The first kappa shape index (κ1) is 24.7. The van der Waals surface area contributed by atoms with Gasteiger partial charge in [-0.3, -0.25) is 9.97 Å². The van der Waals surface area contributed by atoms with Crippen LogP contribution in [0.15, 0.2) is 71.4 Å². The number of furan rings is 1. The maximum atomic E-state index is 7.16. The molecule has 3 aromatic carbocycles. The number of hydrogen-bond donors (Lipinski definition) is 0. The van der Waals surface area contributed by atoms with E-state index in [1.165, 1.54) is 123 Å². The lowest BCUT2D eigenvalue weighted by Gasteiger charge is -2.67. The molecular weight excluding hydrogens is 611 g/mol. The first-order chi connectivity index (χ1) is 24.7. The van der Waals surface area contributed by atoms with Gasteiger partial charge in [-0.05, 0) is 120 Å². The van der Waals surface area contributed by atoms with Crippen LogP contribution in [0.1, 0.15) is 97.6 Å². The normalized spacial score (nSPS) is 37.5. The highest BCUT2D eigenvalue weighted by atomic mass is 16.3. The van der Waals surface area contributed by atoms with E-state index in [4.69, 9.17) is 14.4 Å². The van der Waals surface area contributed by atoms with Gasteiger partial charge in [0.25, 0.3) is 0 Å². The average molecular weight is 646 g/mol. The molecule has 6 fully saturated rings. The van der Waals surface area contributed by atoms with E-state index in [1.54, 1.807) is 11.1 Å². The summed E-state index contributed by atoms with van der Waals surface area (Å²) in [6, 6.07) is 20.1. The smallest absolute Gasteiger partial charge is 0.146 e. The van der Waals surface area contributed by atoms with Crippen molar-refractivity contribution in [3.8, 4) is 11.1 Å². The number of hydrogen-bond acceptors (Lipinski definition) is 3. The van der Waals surface area contributed by atoms with Crippen LogP contribution in [-0.2, 0) is 0 Å². The van der Waals surface area contributed by atoms with Crippen molar-refractivity contribution in [2.75, 3.05) is 0 Å². The summed E-state index contributed by atoms with van der Waals surface area (Å²) in [4.78, 5) is 11.1. The molecule has 5 aromatic heterocycles. The first-order valence-electron chi connectivity index (χ1n) is 19.7. The summed E-state index contributed by atoms with van der Waals surface area (Å²) in [6.07, 6.45) is 15.7. The Balaban J connectivity index is 1.17. The van der Waals surface area contributed by atoms with Crippen molar-refractivity contribution in [1.82, 2.24) is 14.4 Å². The largest absolute Gasteiger partial charge is 0.455 e. The van der Waals surface area contributed by atoms with E-state index in [0.717, 1.165) is 34.8 Å². The van der Waals surface area contributed by atoms with Crippen molar-refractivity contribution in [3.05, 3.63) is 89.5 Å². The van der Waals surface area contributed by atoms with Crippen molar-refractivity contribution in [1.29, 1.82) is 0 Å². The summed E-state index contributed by atoms with van der Waals surface area (Å²) >= 11 is 0. The van der Waals surface area contributed by atoms with Gasteiger partial charge in [-0.1, -0.05) is 48.5 Å². The first-order valence-corrected chi connectivity index (χ1v) is 19.7. The van der Waals surface area contributed by atoms with Gasteiger partial charge in [0.15, 0.2) is 0 Å². The quantitative estimate of drug-likeness (QED) is 0.178. The van der Waals surface area contributed by atoms with Crippen LogP contribution >= 0.6 is 0 Å². The number of benzene rings is 3. The molecule has 8 aromatic rings. The predicted octanol–water partition coefficient (Wildman–Crippen LogP) is 11.2. The summed E-state index contributed by atoms with van der Waals surface area (Å²) in [7, 11) is 0. The zero-order chi connectivity index (χ0) is 31.6. The van der Waals surface area contributed by atoms with Crippen LogP contribution < -0.4 is 0 Å². The van der Waals surface area contributed by atoms with Crippen LogP contribution in [0.3, 0.4) is 0 Å². The molecular formula is C46H35N3O. The van der Waals surface area contributed by atoms with E-state index in [9.17, 15) is 0 Å². The molecule has 240 valence electrons. The van der Waals surface area contributed by atoms with Gasteiger partial charge in [0.1, 0.15) is 11.2 Å². The van der Waals surface area contributed by atoms with Crippen LogP contribution in [-0.4, -0.2) is 14.4 Å². The molecule has 6 saturated carbocycles. The van der Waals surface area contributed by atoms with Crippen molar-refractivity contribution in [2.24, 2.45) is 34.5 Å². The minimum Gasteiger partial charge on any atom is -0.455 e. The summed E-state index contributed by atoms with van der Waals surface area (Å²) in [5, 5.41) is 8.25. The number of pyridine rings is 2. The van der Waals surface area contributed by atoms with Gasteiger partial charge in [0, 0.05) is 55.7 Å². The maximum Gasteiger partial charge on any atom is 0.146 e. The van der Waals surface area contributed by atoms with Crippen molar-refractivity contribution >= 4 is 60.0 Å². The number of nitrogens with zero attached hydrogens (tertiary/aromatic N) is 3. The molecule has 0 amide bonds. The number of aromatic nitrogens is 3. The molecule has 10 unspecified atom stereocenters. The molecule has 8 aliphatic rings. The highest BCUT2D eigenvalue weighted by Crippen LogP contribution is 2.83. The Kier molecular flexibility index (Phi) is 3.61. The van der Waals surface area contributed by atoms with Gasteiger partial charge >= 0.3 is 0 Å². The summed E-state index contributed by atoms with van der Waals surface area (Å²) in [6.45, 7) is 0. The Morgan fingerprint density at radius 2 is 1.20 bits per heavy atom. The van der Waals surface area contributed by atoms with E-state index in [2.05, 4.69) is 71.4 Å². The van der Waals surface area contributed by atoms with Gasteiger partial charge in [0.2, 0.25) is 0 Å². The Labute approximate surface area is 288 Å². The number of fused-ring (bicyclic) bond motifs is 20. The van der Waals surface area contributed by atoms with Gasteiger partial charge in [-0.2, -0.15) is 0 Å². The van der Waals surface area contributed by atoms with Gasteiger partial charge in [-0.25, -0.2) is 0 Å². The molecule has 4 heteroatoms. The van der Waals surface area contributed by atoms with E-state index < -0.39 is 0 Å². The highest BCUT2D eigenvalue weighted by Gasteiger charge is 2.74. The Hall–Kier alpha value is -4.44. The van der Waals surface area contributed by atoms with Crippen LogP contribution in [0.4, 0.5) is 0 Å². The fraction of sp³-hybridized carbons (Fsp3) is 0.391. The van der Waals surface area contributed by atoms with Crippen LogP contribution in [0.5, 0.6) is 0 Å². The lowest BCUT2D eigenvalue weighted by Crippen LogP contribution is -2.59. The zero-order valence-corrected chi connectivity index (χ0v) is 27.9. The fourth-order valence-electron chi connectivity index (χ4n) is 16.0. The molecule has 4 nitrogen and oxygen atoms in total. The third kappa shape index (κ3) is 2.17. The van der Waals surface area contributed by atoms with Gasteiger partial charge in [-0.15, -0.1) is 0 Å². The van der Waals surface area contributed by atoms with Crippen LogP contribution in [0.2, 0.25) is 0 Å². The summed E-state index contributed by atoms with van der Waals surface area (Å²) < 4.78 is 9.79. The van der Waals surface area contributed by atoms with E-state index >= 15 is 0 Å². The average Bonchev–Trinajstić information content (AvgIpc) is 3.94. The molecule has 4 bridgehead atoms. The monoisotopic (exact) mass is 645 g/mol. The number of para-hydroxylation sites is 1. The lowest BCUT2D eigenvalue weighted by molar-refractivity contribution is -0.147. The van der Waals surface area contributed by atoms with Crippen LogP contribution in [0, 0.1) is 34.5 Å². The Morgan fingerprint density at radius 3 is 1.86 bits per heavy atom. The Bertz CT molecular complexity index is 2970. The third-order valence-corrected chi connectivity index (χ3v) is 17.6. The zero-order valence-electron chi connectivity index (χ0n) is 27.9. The fourth-order valence-corrected chi connectivity index (χ4v) is 16.0. The Morgan fingerprint density at radius 1 is 0.600 bits per heavy atom. The summed E-state index contributed by atoms with van der Waals surface area (Å²) in [5.41, 5.74) is 15.9. The molecule has 0 N–H and O–H groups in total. The molecule has 16 rings (SSSR count). The second kappa shape index (κ2) is 7.31. The molecule has 8 aliphatic carbocycles. The standard InChI is InChI=1S/C46H35N3O/c1-2-6-20(7-3-1)33-36-27-8-4-5-9-32(27)50-44(36)40-38-31(19-48-42-29-15-26-13-24-11-22(35(38)42)17-46(24,26)29)49-30-18-47-41-28-14-25-12-23-10-21(16-45(23,25)28)34(41)37(30)39(33)43(40)49/h1-9,18-19,21-26,28-29H,10-17H2. The van der Waals surface area contributed by atoms with E-state index in [0.29, 0.717) is 34.5 Å². The molecule has 0 aliphatic heterocycles. The van der Waals surface area contributed by atoms with Crippen molar-refractivity contribution < 1.29 is 4.42 Å². The van der Waals surface area contributed by atoms with Gasteiger partial charge in [0.05, 0.1) is 34.3 Å². The number of rotatable bonds is 1. The second-order valence-corrected chi connectivity index (χ2v) is 18.4. The second-order valence-electron chi connectivity index (χ2n) is 18.4. The van der Waals surface area contributed by atoms with E-state index in [1.807, 2.05) is 0 Å². The third-order valence-electron chi connectivity index (χ3n) is 17.6. The van der Waals surface area contributed by atoms with Crippen LogP contribution in [0.25, 0.3) is 71.2 Å².